The number of carbonyl (C=O) groups excluding carboxylic acids is 2. The Labute approximate surface area is 193 Å². The van der Waals surface area contributed by atoms with Gasteiger partial charge < -0.3 is 10.2 Å². The molecule has 0 radical (unpaired) electrons. The fraction of sp³-hybridized carbons (Fsp3) is 0.391. The summed E-state index contributed by atoms with van der Waals surface area (Å²) in [4.78, 5) is 27.7. The average molecular weight is 470 g/mol. The largest absolute Gasteiger partial charge is 0.354 e. The summed E-state index contributed by atoms with van der Waals surface area (Å²) in [5, 5.41) is 4.44. The highest BCUT2D eigenvalue weighted by atomic mass is 35.5. The van der Waals surface area contributed by atoms with Gasteiger partial charge in [-0.25, -0.2) is 0 Å². The third kappa shape index (κ3) is 6.90. The number of amides is 2. The van der Waals surface area contributed by atoms with E-state index in [1.165, 1.54) is 0 Å². The van der Waals surface area contributed by atoms with Crippen molar-refractivity contribution in [1.29, 1.82) is 0 Å². The van der Waals surface area contributed by atoms with Crippen LogP contribution in [0, 0.1) is 0 Å². The second-order valence-corrected chi connectivity index (χ2v) is 8.35. The summed E-state index contributed by atoms with van der Waals surface area (Å²) >= 11 is 18.6. The van der Waals surface area contributed by atoms with E-state index in [1.54, 1.807) is 29.2 Å². The first-order valence-corrected chi connectivity index (χ1v) is 11.2. The molecule has 1 atom stereocenters. The van der Waals surface area contributed by atoms with E-state index in [2.05, 4.69) is 12.2 Å². The Morgan fingerprint density at radius 3 is 2.37 bits per heavy atom. The van der Waals surface area contributed by atoms with Crippen molar-refractivity contribution < 1.29 is 9.59 Å². The fourth-order valence-electron chi connectivity index (χ4n) is 3.17. The molecule has 0 aliphatic rings. The first-order chi connectivity index (χ1) is 14.4. The van der Waals surface area contributed by atoms with Crippen molar-refractivity contribution in [3.63, 3.8) is 0 Å². The average Bonchev–Trinajstić information content (AvgIpc) is 2.71. The van der Waals surface area contributed by atoms with Gasteiger partial charge in [-0.05, 0) is 42.2 Å². The molecule has 162 valence electrons. The molecule has 0 aliphatic heterocycles. The second kappa shape index (κ2) is 12.2. The summed E-state index contributed by atoms with van der Waals surface area (Å²) in [6.45, 7) is 4.74. The Kier molecular flexibility index (Phi) is 9.96. The maximum atomic E-state index is 13.3. The van der Waals surface area contributed by atoms with E-state index < -0.39 is 6.04 Å². The van der Waals surface area contributed by atoms with Crippen LogP contribution < -0.4 is 5.32 Å². The van der Waals surface area contributed by atoms with Gasteiger partial charge in [-0.15, -0.1) is 0 Å². The number of halogens is 3. The number of unbranched alkanes of at least 4 members (excludes halogenated alkanes) is 1. The normalized spacial score (nSPS) is 11.8. The van der Waals surface area contributed by atoms with Crippen molar-refractivity contribution in [3.05, 3.63) is 68.7 Å². The molecule has 2 amide bonds. The van der Waals surface area contributed by atoms with Crippen LogP contribution in [-0.4, -0.2) is 29.3 Å². The van der Waals surface area contributed by atoms with Crippen molar-refractivity contribution >= 4 is 46.6 Å². The first kappa shape index (κ1) is 24.5. The molecule has 0 spiro atoms. The van der Waals surface area contributed by atoms with Crippen molar-refractivity contribution in [2.24, 2.45) is 0 Å². The SMILES string of the molecule is CCCCNC(=O)[C@@H](CC)N(Cc1ccc(Cl)cc1Cl)C(=O)Cc1ccccc1Cl. The van der Waals surface area contributed by atoms with Gasteiger partial charge in [-0.3, -0.25) is 9.59 Å². The van der Waals surface area contributed by atoms with Gasteiger partial charge >= 0.3 is 0 Å². The van der Waals surface area contributed by atoms with Crippen molar-refractivity contribution in [2.75, 3.05) is 6.54 Å². The quantitative estimate of drug-likeness (QED) is 0.440. The summed E-state index contributed by atoms with van der Waals surface area (Å²) in [7, 11) is 0. The summed E-state index contributed by atoms with van der Waals surface area (Å²) in [5.74, 6) is -0.352. The number of hydrogen-bond acceptors (Lipinski definition) is 2. The molecule has 7 heteroatoms. The van der Waals surface area contributed by atoms with Gasteiger partial charge in [-0.1, -0.05) is 79.3 Å². The third-order valence-corrected chi connectivity index (χ3v) is 5.83. The molecule has 0 saturated heterocycles. The minimum Gasteiger partial charge on any atom is -0.354 e. The Morgan fingerprint density at radius 1 is 1.00 bits per heavy atom. The molecule has 30 heavy (non-hydrogen) atoms. The van der Waals surface area contributed by atoms with Crippen LogP contribution in [0.3, 0.4) is 0 Å². The van der Waals surface area contributed by atoms with E-state index in [9.17, 15) is 9.59 Å². The van der Waals surface area contributed by atoms with E-state index in [1.807, 2.05) is 25.1 Å². The van der Waals surface area contributed by atoms with Crippen LogP contribution in [0.2, 0.25) is 15.1 Å². The summed E-state index contributed by atoms with van der Waals surface area (Å²) in [6.07, 6.45) is 2.45. The second-order valence-electron chi connectivity index (χ2n) is 7.09. The summed E-state index contributed by atoms with van der Waals surface area (Å²) in [6, 6.07) is 11.8. The molecule has 2 aromatic carbocycles. The Bertz CT molecular complexity index is 873. The number of benzene rings is 2. The highest BCUT2D eigenvalue weighted by molar-refractivity contribution is 6.35. The molecule has 0 fully saturated rings. The summed E-state index contributed by atoms with van der Waals surface area (Å²) in [5.41, 5.74) is 1.45. The lowest BCUT2D eigenvalue weighted by Crippen LogP contribution is -2.49. The molecule has 0 unspecified atom stereocenters. The molecule has 0 aliphatic carbocycles. The standard InChI is InChI=1S/C23H27Cl3N2O2/c1-3-5-12-27-23(30)21(4-2)28(15-17-10-11-18(24)14-20(17)26)22(29)13-16-8-6-7-9-19(16)25/h6-11,14,21H,3-5,12-13,15H2,1-2H3,(H,27,30)/t21-/m1/s1. The predicted molar refractivity (Wildman–Crippen MR) is 124 cm³/mol. The zero-order valence-electron chi connectivity index (χ0n) is 17.3. The van der Waals surface area contributed by atoms with Gasteiger partial charge in [0.2, 0.25) is 11.8 Å². The van der Waals surface area contributed by atoms with Crippen LogP contribution >= 0.6 is 34.8 Å². The van der Waals surface area contributed by atoms with Gasteiger partial charge in [-0.2, -0.15) is 0 Å². The molecule has 2 rings (SSSR count). The highest BCUT2D eigenvalue weighted by Crippen LogP contribution is 2.25. The molecule has 0 heterocycles. The lowest BCUT2D eigenvalue weighted by Gasteiger charge is -2.31. The Balaban J connectivity index is 2.30. The van der Waals surface area contributed by atoms with Crippen LogP contribution in [-0.2, 0) is 22.6 Å². The maximum Gasteiger partial charge on any atom is 0.242 e. The van der Waals surface area contributed by atoms with E-state index in [0.717, 1.165) is 24.0 Å². The number of nitrogens with one attached hydrogen (secondary N) is 1. The van der Waals surface area contributed by atoms with Gasteiger partial charge in [0.25, 0.3) is 0 Å². The van der Waals surface area contributed by atoms with Crippen LogP contribution in [0.25, 0.3) is 0 Å². The molecular weight excluding hydrogens is 443 g/mol. The van der Waals surface area contributed by atoms with Crippen molar-refractivity contribution in [3.8, 4) is 0 Å². The highest BCUT2D eigenvalue weighted by Gasteiger charge is 2.29. The zero-order chi connectivity index (χ0) is 22.1. The smallest absolute Gasteiger partial charge is 0.242 e. The monoisotopic (exact) mass is 468 g/mol. The van der Waals surface area contributed by atoms with E-state index in [0.29, 0.717) is 28.0 Å². The van der Waals surface area contributed by atoms with Crippen molar-refractivity contribution in [2.45, 2.75) is 52.1 Å². The van der Waals surface area contributed by atoms with Crippen LogP contribution in [0.4, 0.5) is 0 Å². The van der Waals surface area contributed by atoms with Crippen LogP contribution in [0.1, 0.15) is 44.2 Å². The molecular formula is C23H27Cl3N2O2. The molecule has 1 N–H and O–H groups in total. The number of carbonyl (C=O) groups is 2. The number of rotatable bonds is 10. The number of hydrogen-bond donors (Lipinski definition) is 1. The molecule has 2 aromatic rings. The first-order valence-electron chi connectivity index (χ1n) is 10.1. The Hall–Kier alpha value is -1.75. The van der Waals surface area contributed by atoms with Gasteiger partial charge in [0.1, 0.15) is 6.04 Å². The lowest BCUT2D eigenvalue weighted by molar-refractivity contribution is -0.140. The van der Waals surface area contributed by atoms with E-state index >= 15 is 0 Å². The zero-order valence-corrected chi connectivity index (χ0v) is 19.5. The maximum absolute atomic E-state index is 13.3. The van der Waals surface area contributed by atoms with Crippen LogP contribution in [0.5, 0.6) is 0 Å². The molecule has 0 bridgehead atoms. The molecule has 4 nitrogen and oxygen atoms in total. The summed E-state index contributed by atoms with van der Waals surface area (Å²) < 4.78 is 0. The van der Waals surface area contributed by atoms with E-state index in [4.69, 9.17) is 34.8 Å². The Morgan fingerprint density at radius 2 is 1.73 bits per heavy atom. The minimum atomic E-state index is -0.608. The lowest BCUT2D eigenvalue weighted by atomic mass is 10.1. The molecule has 0 saturated carbocycles. The van der Waals surface area contributed by atoms with Gasteiger partial charge in [0, 0.05) is 28.2 Å². The van der Waals surface area contributed by atoms with Gasteiger partial charge in [0.15, 0.2) is 0 Å². The predicted octanol–water partition coefficient (Wildman–Crippen LogP) is 5.91. The fourth-order valence-corrected chi connectivity index (χ4v) is 3.84. The van der Waals surface area contributed by atoms with E-state index in [-0.39, 0.29) is 24.8 Å². The topological polar surface area (TPSA) is 49.4 Å². The third-order valence-electron chi connectivity index (χ3n) is 4.87. The molecule has 0 aromatic heterocycles. The van der Waals surface area contributed by atoms with Crippen LogP contribution in [0.15, 0.2) is 42.5 Å². The minimum absolute atomic E-state index is 0.101. The number of nitrogens with zero attached hydrogens (tertiary/aromatic N) is 1. The van der Waals surface area contributed by atoms with Crippen molar-refractivity contribution in [1.82, 2.24) is 10.2 Å². The van der Waals surface area contributed by atoms with Gasteiger partial charge in [0.05, 0.1) is 6.42 Å².